The van der Waals surface area contributed by atoms with E-state index in [1.807, 2.05) is 30.0 Å². The van der Waals surface area contributed by atoms with Crippen molar-refractivity contribution in [2.24, 2.45) is 11.3 Å². The van der Waals surface area contributed by atoms with Crippen LogP contribution in [0.1, 0.15) is 68.4 Å². The van der Waals surface area contributed by atoms with Crippen LogP contribution in [0.2, 0.25) is 0 Å². The standard InChI is InChI=1S/C21H28FNO2/c1-2-14(11-24)20(25)23-12-21(13-23)9-8-16(10-21)18-5-3-4-17(19(18)22)15-6-7-15/h3-5,14-16,24H,2,6-13H2,1H3/t14-,16?/m1/s1. The first-order chi connectivity index (χ1) is 12.1. The summed E-state index contributed by atoms with van der Waals surface area (Å²) in [7, 11) is 0. The summed E-state index contributed by atoms with van der Waals surface area (Å²) in [5, 5.41) is 9.33. The van der Waals surface area contributed by atoms with Crippen molar-refractivity contribution in [3.05, 3.63) is 35.1 Å². The van der Waals surface area contributed by atoms with Gasteiger partial charge in [0.25, 0.3) is 0 Å². The highest BCUT2D eigenvalue weighted by molar-refractivity contribution is 5.80. The van der Waals surface area contributed by atoms with E-state index in [1.54, 1.807) is 0 Å². The van der Waals surface area contributed by atoms with Gasteiger partial charge in [-0.2, -0.15) is 0 Å². The average molecular weight is 345 g/mol. The third-order valence-electron chi connectivity index (χ3n) is 6.64. The molecule has 3 fully saturated rings. The molecule has 2 atom stereocenters. The minimum Gasteiger partial charge on any atom is -0.396 e. The second kappa shape index (κ2) is 6.39. The predicted octanol–water partition coefficient (Wildman–Crippen LogP) is 3.82. The molecule has 0 bridgehead atoms. The third-order valence-corrected chi connectivity index (χ3v) is 6.64. The summed E-state index contributed by atoms with van der Waals surface area (Å²) in [4.78, 5) is 14.3. The van der Waals surface area contributed by atoms with Crippen LogP contribution in [0.3, 0.4) is 0 Å². The molecular weight excluding hydrogens is 317 g/mol. The highest BCUT2D eigenvalue weighted by Gasteiger charge is 2.50. The largest absolute Gasteiger partial charge is 0.396 e. The fourth-order valence-electron chi connectivity index (χ4n) is 4.91. The number of hydrogen-bond acceptors (Lipinski definition) is 2. The molecule has 25 heavy (non-hydrogen) atoms. The summed E-state index contributed by atoms with van der Waals surface area (Å²) in [6.07, 6.45) is 6.00. The lowest BCUT2D eigenvalue weighted by molar-refractivity contribution is -0.149. The van der Waals surface area contributed by atoms with Gasteiger partial charge < -0.3 is 10.0 Å². The van der Waals surface area contributed by atoms with Crippen molar-refractivity contribution in [2.45, 2.75) is 57.3 Å². The lowest BCUT2D eigenvalue weighted by Crippen LogP contribution is -2.58. The summed E-state index contributed by atoms with van der Waals surface area (Å²) in [6.45, 7) is 3.43. The van der Waals surface area contributed by atoms with E-state index in [4.69, 9.17) is 0 Å². The van der Waals surface area contributed by atoms with Crippen molar-refractivity contribution in [3.8, 4) is 0 Å². The van der Waals surface area contributed by atoms with Crippen molar-refractivity contribution < 1.29 is 14.3 Å². The van der Waals surface area contributed by atoms with Crippen LogP contribution < -0.4 is 0 Å². The van der Waals surface area contributed by atoms with Crippen molar-refractivity contribution >= 4 is 5.91 Å². The quantitative estimate of drug-likeness (QED) is 0.881. The molecule has 1 heterocycles. The van der Waals surface area contributed by atoms with Gasteiger partial charge in [0, 0.05) is 18.5 Å². The predicted molar refractivity (Wildman–Crippen MR) is 94.8 cm³/mol. The zero-order valence-electron chi connectivity index (χ0n) is 15.0. The summed E-state index contributed by atoms with van der Waals surface area (Å²) >= 11 is 0. The fourth-order valence-corrected chi connectivity index (χ4v) is 4.91. The fraction of sp³-hybridized carbons (Fsp3) is 0.667. The van der Waals surface area contributed by atoms with Gasteiger partial charge in [-0.15, -0.1) is 0 Å². The van der Waals surface area contributed by atoms with Crippen LogP contribution in [0, 0.1) is 17.2 Å². The van der Waals surface area contributed by atoms with E-state index in [1.165, 1.54) is 0 Å². The van der Waals surface area contributed by atoms with E-state index in [2.05, 4.69) is 0 Å². The number of aliphatic hydroxyl groups is 1. The van der Waals surface area contributed by atoms with Crippen molar-refractivity contribution in [2.75, 3.05) is 19.7 Å². The van der Waals surface area contributed by atoms with Crippen molar-refractivity contribution in [1.82, 2.24) is 4.90 Å². The van der Waals surface area contributed by atoms with Gasteiger partial charge in [0.05, 0.1) is 12.5 Å². The van der Waals surface area contributed by atoms with Gasteiger partial charge in [0.15, 0.2) is 0 Å². The van der Waals surface area contributed by atoms with Gasteiger partial charge >= 0.3 is 0 Å². The van der Waals surface area contributed by atoms with Gasteiger partial charge in [-0.1, -0.05) is 25.1 Å². The molecular formula is C21H28FNO2. The normalized spacial score (nSPS) is 25.9. The first-order valence-corrected chi connectivity index (χ1v) is 9.75. The van der Waals surface area contributed by atoms with Gasteiger partial charge in [-0.25, -0.2) is 4.39 Å². The minimum atomic E-state index is -0.262. The number of likely N-dealkylation sites (tertiary alicyclic amines) is 1. The van der Waals surface area contributed by atoms with E-state index in [9.17, 15) is 14.3 Å². The molecule has 4 rings (SSSR count). The maximum Gasteiger partial charge on any atom is 0.228 e. The second-order valence-corrected chi connectivity index (χ2v) is 8.45. The number of hydrogen-bond donors (Lipinski definition) is 1. The molecule has 1 N–H and O–H groups in total. The van der Waals surface area contributed by atoms with Gasteiger partial charge in [-0.3, -0.25) is 4.79 Å². The zero-order chi connectivity index (χ0) is 17.6. The van der Waals surface area contributed by atoms with Crippen LogP contribution in [0.4, 0.5) is 4.39 Å². The van der Waals surface area contributed by atoms with Crippen LogP contribution in [0.25, 0.3) is 0 Å². The Morgan fingerprint density at radius 2 is 1.96 bits per heavy atom. The monoisotopic (exact) mass is 345 g/mol. The number of benzene rings is 1. The first kappa shape index (κ1) is 17.0. The average Bonchev–Trinajstić information content (AvgIpc) is 3.32. The van der Waals surface area contributed by atoms with Crippen LogP contribution >= 0.6 is 0 Å². The zero-order valence-corrected chi connectivity index (χ0v) is 15.0. The summed E-state index contributed by atoms with van der Waals surface area (Å²) in [5.74, 6) is 0.584. The van der Waals surface area contributed by atoms with Gasteiger partial charge in [0.1, 0.15) is 5.82 Å². The molecule has 1 saturated heterocycles. The highest BCUT2D eigenvalue weighted by Crippen LogP contribution is 2.53. The Hall–Kier alpha value is -1.42. The lowest BCUT2D eigenvalue weighted by atomic mass is 9.76. The molecule has 1 aromatic carbocycles. The first-order valence-electron chi connectivity index (χ1n) is 9.75. The molecule has 1 amide bonds. The molecule has 3 nitrogen and oxygen atoms in total. The number of halogens is 1. The summed E-state index contributed by atoms with van der Waals surface area (Å²) < 4.78 is 14.9. The lowest BCUT2D eigenvalue weighted by Gasteiger charge is -2.49. The maximum atomic E-state index is 14.9. The highest BCUT2D eigenvalue weighted by atomic mass is 19.1. The molecule has 2 saturated carbocycles. The molecule has 1 spiro atoms. The number of amides is 1. The SMILES string of the molecule is CC[C@H](CO)C(=O)N1CC2(CCC(c3cccc(C4CC4)c3F)C2)C1. The molecule has 2 aliphatic carbocycles. The van der Waals surface area contributed by atoms with Gasteiger partial charge in [0.2, 0.25) is 5.91 Å². The maximum absolute atomic E-state index is 14.9. The number of nitrogens with zero attached hydrogens (tertiary/aromatic N) is 1. The topological polar surface area (TPSA) is 40.5 Å². The molecule has 0 radical (unpaired) electrons. The Morgan fingerprint density at radius 3 is 2.56 bits per heavy atom. The van der Waals surface area contributed by atoms with Crippen LogP contribution in [-0.2, 0) is 4.79 Å². The van der Waals surface area contributed by atoms with E-state index in [0.29, 0.717) is 12.3 Å². The Kier molecular flexibility index (Phi) is 4.35. The summed E-state index contributed by atoms with van der Waals surface area (Å²) in [6, 6.07) is 5.93. The molecule has 1 aliphatic heterocycles. The number of aliphatic hydroxyl groups excluding tert-OH is 1. The molecule has 3 aliphatic rings. The molecule has 136 valence electrons. The molecule has 1 unspecified atom stereocenters. The Bertz CT molecular complexity index is 660. The number of rotatable bonds is 5. The van der Waals surface area contributed by atoms with E-state index in [0.717, 1.165) is 56.3 Å². The van der Waals surface area contributed by atoms with Crippen LogP contribution in [0.5, 0.6) is 0 Å². The number of carbonyl (C=O) groups is 1. The van der Waals surface area contributed by atoms with Crippen LogP contribution in [-0.4, -0.2) is 35.6 Å². The van der Waals surface area contributed by atoms with E-state index < -0.39 is 0 Å². The molecule has 4 heteroatoms. The smallest absolute Gasteiger partial charge is 0.228 e. The molecule has 0 aromatic heterocycles. The van der Waals surface area contributed by atoms with Crippen LogP contribution in [0.15, 0.2) is 18.2 Å². The Labute approximate surface area is 149 Å². The summed E-state index contributed by atoms with van der Waals surface area (Å²) in [5.41, 5.74) is 1.99. The second-order valence-electron chi connectivity index (χ2n) is 8.45. The third kappa shape index (κ3) is 2.99. The van der Waals surface area contributed by atoms with Gasteiger partial charge in [-0.05, 0) is 61.5 Å². The van der Waals surface area contributed by atoms with E-state index >= 15 is 0 Å². The minimum absolute atomic E-state index is 0.0330. The molecule has 1 aromatic rings. The van der Waals surface area contributed by atoms with Crippen molar-refractivity contribution in [3.63, 3.8) is 0 Å². The Morgan fingerprint density at radius 1 is 1.28 bits per heavy atom. The van der Waals surface area contributed by atoms with Crippen molar-refractivity contribution in [1.29, 1.82) is 0 Å². The Balaban J connectivity index is 1.42. The van der Waals surface area contributed by atoms with E-state index in [-0.39, 0.29) is 35.6 Å². The number of carbonyl (C=O) groups excluding carboxylic acids is 1.